The van der Waals surface area contributed by atoms with Crippen LogP contribution in [0.2, 0.25) is 5.02 Å². The lowest BCUT2D eigenvalue weighted by Gasteiger charge is -2.50. The second-order valence-electron chi connectivity index (χ2n) is 8.12. The number of fused-ring (bicyclic) bond motifs is 1. The van der Waals surface area contributed by atoms with Gasteiger partial charge in [-0.25, -0.2) is 0 Å². The molecule has 1 atom stereocenters. The number of halogens is 1. The van der Waals surface area contributed by atoms with E-state index >= 15 is 0 Å². The van der Waals surface area contributed by atoms with Gasteiger partial charge in [0.15, 0.2) is 5.72 Å². The van der Waals surface area contributed by atoms with E-state index in [1.807, 2.05) is 24.3 Å². The van der Waals surface area contributed by atoms with E-state index in [1.165, 1.54) is 11.4 Å². The van der Waals surface area contributed by atoms with Gasteiger partial charge >= 0.3 is 0 Å². The van der Waals surface area contributed by atoms with Gasteiger partial charge in [0.05, 0.1) is 12.2 Å². The summed E-state index contributed by atoms with van der Waals surface area (Å²) < 4.78 is 6.62. The molecule has 0 spiro atoms. The number of piperazine rings is 1. The molecular weight excluding hydrogens is 394 g/mol. The summed E-state index contributed by atoms with van der Waals surface area (Å²) in [5.41, 5.74) is 3.11. The van der Waals surface area contributed by atoms with E-state index in [1.54, 1.807) is 0 Å². The molecule has 5 rings (SSSR count). The minimum Gasteiger partial charge on any atom is -0.469 e. The molecule has 1 saturated heterocycles. The molecule has 1 unspecified atom stereocenters. The summed E-state index contributed by atoms with van der Waals surface area (Å²) in [6.07, 6.45) is 0. The van der Waals surface area contributed by atoms with Crippen molar-refractivity contribution in [3.05, 3.63) is 83.9 Å². The van der Waals surface area contributed by atoms with Crippen molar-refractivity contribution in [2.45, 2.75) is 12.6 Å². The number of rotatable bonds is 3. The van der Waals surface area contributed by atoms with Gasteiger partial charge < -0.3 is 14.5 Å². The molecule has 0 aliphatic carbocycles. The Morgan fingerprint density at radius 3 is 2.27 bits per heavy atom. The fraction of sp³-hybridized carbons (Fsp3) is 0.280. The van der Waals surface area contributed by atoms with E-state index in [2.05, 4.69) is 76.2 Å². The number of nitrogens with zero attached hydrogens (tertiary/aromatic N) is 3. The molecular formula is C25H26ClN3O. The van der Waals surface area contributed by atoms with Gasteiger partial charge in [-0.2, -0.15) is 0 Å². The molecule has 4 nitrogen and oxygen atoms in total. The summed E-state index contributed by atoms with van der Waals surface area (Å²) in [4.78, 5) is 7.25. The summed E-state index contributed by atoms with van der Waals surface area (Å²) in [7, 11) is 0. The van der Waals surface area contributed by atoms with Crippen molar-refractivity contribution in [2.24, 2.45) is 0 Å². The highest BCUT2D eigenvalue weighted by atomic mass is 35.5. The topological polar surface area (TPSA) is 19.0 Å². The van der Waals surface area contributed by atoms with Crippen LogP contribution in [0.25, 0.3) is 0 Å². The van der Waals surface area contributed by atoms with Crippen molar-refractivity contribution >= 4 is 28.7 Å². The van der Waals surface area contributed by atoms with Crippen LogP contribution < -0.4 is 14.5 Å². The second-order valence-corrected chi connectivity index (χ2v) is 8.56. The zero-order valence-electron chi connectivity index (χ0n) is 17.2. The smallest absolute Gasteiger partial charge is 0.178 e. The first-order valence-electron chi connectivity index (χ1n) is 10.5. The Bertz CT molecular complexity index is 1020. The Morgan fingerprint density at radius 1 is 0.800 bits per heavy atom. The molecule has 3 aromatic carbocycles. The van der Waals surface area contributed by atoms with Crippen LogP contribution in [-0.2, 0) is 0 Å². The predicted molar refractivity (Wildman–Crippen MR) is 124 cm³/mol. The molecule has 0 N–H and O–H groups in total. The van der Waals surface area contributed by atoms with Gasteiger partial charge in [-0.15, -0.1) is 0 Å². The molecule has 0 aromatic heterocycles. The van der Waals surface area contributed by atoms with Gasteiger partial charge in [0.1, 0.15) is 5.75 Å². The van der Waals surface area contributed by atoms with Crippen LogP contribution >= 0.6 is 11.6 Å². The molecule has 0 saturated carbocycles. The Kier molecular flexibility index (Phi) is 5.05. The molecule has 0 amide bonds. The predicted octanol–water partition coefficient (Wildman–Crippen LogP) is 5.41. The third-order valence-corrected chi connectivity index (χ3v) is 6.36. The van der Waals surface area contributed by atoms with E-state index < -0.39 is 5.72 Å². The average molecular weight is 420 g/mol. The van der Waals surface area contributed by atoms with Crippen LogP contribution in [0.3, 0.4) is 0 Å². The van der Waals surface area contributed by atoms with Crippen LogP contribution in [-0.4, -0.2) is 43.3 Å². The fourth-order valence-corrected chi connectivity index (χ4v) is 4.71. The Labute approximate surface area is 183 Å². The van der Waals surface area contributed by atoms with Gasteiger partial charge in [0.2, 0.25) is 0 Å². The van der Waals surface area contributed by atoms with Crippen molar-refractivity contribution < 1.29 is 4.74 Å². The van der Waals surface area contributed by atoms with Gasteiger partial charge in [0.25, 0.3) is 0 Å². The first-order valence-corrected chi connectivity index (χ1v) is 10.9. The normalized spacial score (nSPS) is 21.8. The average Bonchev–Trinajstić information content (AvgIpc) is 2.79. The fourth-order valence-electron chi connectivity index (χ4n) is 4.53. The number of hydrogen-bond acceptors (Lipinski definition) is 4. The highest BCUT2D eigenvalue weighted by molar-refractivity contribution is 6.30. The highest BCUT2D eigenvalue weighted by Gasteiger charge is 2.42. The SMILES string of the molecule is CC1(N2CCN(c3cccc(Cl)c3)CC2)CN(c2ccccc2)c2ccccc2O1. The van der Waals surface area contributed by atoms with Gasteiger partial charge in [-0.05, 0) is 49.4 Å². The summed E-state index contributed by atoms with van der Waals surface area (Å²) >= 11 is 6.20. The maximum absolute atomic E-state index is 6.62. The number of benzene rings is 3. The Hall–Kier alpha value is -2.69. The zero-order valence-corrected chi connectivity index (χ0v) is 17.9. The third-order valence-electron chi connectivity index (χ3n) is 6.13. The van der Waals surface area contributed by atoms with Crippen LogP contribution in [0.5, 0.6) is 5.75 Å². The number of anilines is 3. The summed E-state index contributed by atoms with van der Waals surface area (Å²) in [5, 5.41) is 0.785. The molecule has 0 bridgehead atoms. The van der Waals surface area contributed by atoms with Crippen LogP contribution in [0.15, 0.2) is 78.9 Å². The Morgan fingerprint density at radius 2 is 1.50 bits per heavy atom. The van der Waals surface area contributed by atoms with Crippen molar-refractivity contribution in [1.82, 2.24) is 4.90 Å². The van der Waals surface area contributed by atoms with Crippen molar-refractivity contribution in [1.29, 1.82) is 0 Å². The van der Waals surface area contributed by atoms with E-state index in [4.69, 9.17) is 16.3 Å². The molecule has 5 heteroatoms. The first-order chi connectivity index (χ1) is 14.6. The maximum Gasteiger partial charge on any atom is 0.178 e. The van der Waals surface area contributed by atoms with Gasteiger partial charge in [0, 0.05) is 42.6 Å². The lowest BCUT2D eigenvalue weighted by molar-refractivity contribution is -0.0708. The van der Waals surface area contributed by atoms with Gasteiger partial charge in [-0.1, -0.05) is 48.0 Å². The molecule has 30 heavy (non-hydrogen) atoms. The molecule has 2 aliphatic rings. The maximum atomic E-state index is 6.62. The van der Waals surface area contributed by atoms with E-state index in [9.17, 15) is 0 Å². The molecule has 154 valence electrons. The number of para-hydroxylation sites is 3. The van der Waals surface area contributed by atoms with E-state index in [0.29, 0.717) is 0 Å². The third kappa shape index (κ3) is 3.62. The molecule has 3 aromatic rings. The number of ether oxygens (including phenoxy) is 1. The van der Waals surface area contributed by atoms with Crippen LogP contribution in [0.1, 0.15) is 6.92 Å². The van der Waals surface area contributed by atoms with E-state index in [-0.39, 0.29) is 0 Å². The second kappa shape index (κ2) is 7.86. The van der Waals surface area contributed by atoms with Crippen LogP contribution in [0.4, 0.5) is 17.1 Å². The minimum atomic E-state index is -0.398. The lowest BCUT2D eigenvalue weighted by Crippen LogP contribution is -2.63. The van der Waals surface area contributed by atoms with Crippen molar-refractivity contribution in [3.63, 3.8) is 0 Å². The lowest BCUT2D eigenvalue weighted by atomic mass is 10.1. The van der Waals surface area contributed by atoms with Crippen molar-refractivity contribution in [2.75, 3.05) is 42.5 Å². The first kappa shape index (κ1) is 19.3. The summed E-state index contributed by atoms with van der Waals surface area (Å²) in [6.45, 7) is 6.78. The zero-order chi connectivity index (χ0) is 20.6. The van der Waals surface area contributed by atoms with Gasteiger partial charge in [-0.3, -0.25) is 4.90 Å². The standard InChI is InChI=1S/C25H26ClN3O/c1-25(28-16-14-27(15-17-28)22-11-7-8-20(26)18-22)19-29(21-9-3-2-4-10-21)23-12-5-6-13-24(23)30-25/h2-13,18H,14-17,19H2,1H3. The highest BCUT2D eigenvalue weighted by Crippen LogP contribution is 2.42. The minimum absolute atomic E-state index is 0.398. The summed E-state index contributed by atoms with van der Waals surface area (Å²) in [5.74, 6) is 0.937. The quantitative estimate of drug-likeness (QED) is 0.565. The Balaban J connectivity index is 1.38. The molecule has 2 aliphatic heterocycles. The number of hydrogen-bond donors (Lipinski definition) is 0. The molecule has 2 heterocycles. The van der Waals surface area contributed by atoms with Crippen molar-refractivity contribution in [3.8, 4) is 5.75 Å². The van der Waals surface area contributed by atoms with E-state index in [0.717, 1.165) is 49.2 Å². The molecule has 1 fully saturated rings. The molecule has 0 radical (unpaired) electrons. The summed E-state index contributed by atoms with van der Waals surface area (Å²) in [6, 6.07) is 27.0. The monoisotopic (exact) mass is 419 g/mol. The largest absolute Gasteiger partial charge is 0.469 e. The van der Waals surface area contributed by atoms with Crippen LogP contribution in [0, 0.1) is 0 Å².